The molecule has 2 N–H and O–H groups in total. The number of halogens is 1. The van der Waals surface area contributed by atoms with Gasteiger partial charge in [0, 0.05) is 45.7 Å². The minimum Gasteiger partial charge on any atom is -0.335 e. The molecule has 0 bridgehead atoms. The Bertz CT molecular complexity index is 998. The highest BCUT2D eigenvalue weighted by atomic mass is 32.1. The molecule has 2 atom stereocenters. The summed E-state index contributed by atoms with van der Waals surface area (Å²) in [5.41, 5.74) is 2.01. The van der Waals surface area contributed by atoms with Crippen molar-refractivity contribution < 1.29 is 9.18 Å². The Kier molecular flexibility index (Phi) is 4.78. The third kappa shape index (κ3) is 3.78. The van der Waals surface area contributed by atoms with Crippen LogP contribution in [0, 0.1) is 19.7 Å². The molecule has 1 aromatic carbocycles. The van der Waals surface area contributed by atoms with Crippen LogP contribution in [0.1, 0.15) is 41.6 Å². The van der Waals surface area contributed by atoms with Crippen molar-refractivity contribution in [1.29, 1.82) is 0 Å². The summed E-state index contributed by atoms with van der Waals surface area (Å²) in [5, 5.41) is 10.3. The van der Waals surface area contributed by atoms with E-state index >= 15 is 0 Å². The van der Waals surface area contributed by atoms with E-state index in [0.717, 1.165) is 41.0 Å². The Morgan fingerprint density at radius 2 is 2.11 bits per heavy atom. The van der Waals surface area contributed by atoms with Crippen LogP contribution < -0.4 is 10.6 Å². The molecular weight excluding hydrogens is 363 g/mol. The van der Waals surface area contributed by atoms with Crippen molar-refractivity contribution in [3.05, 3.63) is 52.0 Å². The van der Waals surface area contributed by atoms with Crippen LogP contribution in [0.2, 0.25) is 0 Å². The van der Waals surface area contributed by atoms with Crippen LogP contribution in [-0.2, 0) is 0 Å². The van der Waals surface area contributed by atoms with Gasteiger partial charge in [0.2, 0.25) is 0 Å². The van der Waals surface area contributed by atoms with Crippen LogP contribution in [0.3, 0.4) is 0 Å². The van der Waals surface area contributed by atoms with Crippen LogP contribution >= 0.6 is 11.3 Å². The zero-order valence-electron chi connectivity index (χ0n) is 15.3. The number of amides is 2. The first-order chi connectivity index (χ1) is 13.0. The lowest BCUT2D eigenvalue weighted by Crippen LogP contribution is -2.36. The van der Waals surface area contributed by atoms with Gasteiger partial charge in [-0.25, -0.2) is 14.2 Å². The lowest BCUT2D eigenvalue weighted by Gasteiger charge is -2.15. The molecule has 27 heavy (non-hydrogen) atoms. The van der Waals surface area contributed by atoms with Crippen LogP contribution in [0.5, 0.6) is 0 Å². The molecule has 0 unspecified atom stereocenters. The molecule has 2 heterocycles. The summed E-state index contributed by atoms with van der Waals surface area (Å²) in [6.07, 6.45) is 4.45. The molecule has 1 aliphatic rings. The number of fused-ring (bicyclic) bond motifs is 1. The highest BCUT2D eigenvalue weighted by molar-refractivity contribution is 7.09. The van der Waals surface area contributed by atoms with Crippen LogP contribution in [0.4, 0.5) is 14.9 Å². The van der Waals surface area contributed by atoms with E-state index in [9.17, 15) is 9.18 Å². The second-order valence-corrected chi connectivity index (χ2v) is 7.99. The van der Waals surface area contributed by atoms with E-state index in [0.29, 0.717) is 11.3 Å². The molecule has 7 heteroatoms. The number of anilines is 1. The van der Waals surface area contributed by atoms with E-state index in [1.54, 1.807) is 29.7 Å². The molecular formula is C20H21FN4OS. The normalized spacial score (nSPS) is 19.4. The van der Waals surface area contributed by atoms with Gasteiger partial charge in [0.1, 0.15) is 5.82 Å². The minimum absolute atomic E-state index is 0.0700. The van der Waals surface area contributed by atoms with E-state index in [2.05, 4.69) is 26.0 Å². The van der Waals surface area contributed by atoms with Crippen LogP contribution in [0.15, 0.2) is 29.8 Å². The van der Waals surface area contributed by atoms with Crippen LogP contribution in [0.25, 0.3) is 10.8 Å². The minimum atomic E-state index is -0.453. The topological polar surface area (TPSA) is 66.9 Å². The fourth-order valence-corrected chi connectivity index (χ4v) is 4.60. The number of rotatable bonds is 3. The van der Waals surface area contributed by atoms with Gasteiger partial charge in [-0.3, -0.25) is 4.98 Å². The number of thiazole rings is 1. The number of pyridine rings is 1. The van der Waals surface area contributed by atoms with Crippen molar-refractivity contribution in [3.63, 3.8) is 0 Å². The molecule has 1 saturated carbocycles. The number of carbonyl (C=O) groups is 1. The SMILES string of the molecule is Cc1cc2c(NC(=O)N[C@H]3CC[C@H](c4nc(C)cs4)C3)c(F)ccc2cn1. The van der Waals surface area contributed by atoms with E-state index in [1.165, 1.54) is 6.07 Å². The summed E-state index contributed by atoms with van der Waals surface area (Å²) in [7, 11) is 0. The number of carbonyl (C=O) groups excluding carboxylic acids is 1. The van der Waals surface area contributed by atoms with Crippen molar-refractivity contribution in [2.45, 2.75) is 45.1 Å². The molecule has 140 valence electrons. The Morgan fingerprint density at radius 3 is 2.89 bits per heavy atom. The second kappa shape index (κ2) is 7.23. The standard InChI is InChI=1S/C20H21FN4OS/c1-11-7-16-14(9-22-11)4-6-17(21)18(16)25-20(26)24-15-5-3-13(8-15)19-23-12(2)10-27-19/h4,6-7,9-10,13,15H,3,5,8H2,1-2H3,(H2,24,25,26)/t13-,15-/m0/s1. The maximum Gasteiger partial charge on any atom is 0.319 e. The van der Waals surface area contributed by atoms with E-state index in [4.69, 9.17) is 0 Å². The van der Waals surface area contributed by atoms with E-state index in [1.807, 2.05) is 13.8 Å². The Morgan fingerprint density at radius 1 is 1.26 bits per heavy atom. The molecule has 0 radical (unpaired) electrons. The third-order valence-electron chi connectivity index (χ3n) is 4.98. The van der Waals surface area contributed by atoms with Crippen molar-refractivity contribution in [1.82, 2.24) is 15.3 Å². The quantitative estimate of drug-likeness (QED) is 0.675. The fourth-order valence-electron chi connectivity index (χ4n) is 3.65. The number of benzene rings is 1. The Balaban J connectivity index is 1.45. The van der Waals surface area contributed by atoms with Gasteiger partial charge in [0.25, 0.3) is 0 Å². The molecule has 1 fully saturated rings. The van der Waals surface area contributed by atoms with Gasteiger partial charge in [-0.1, -0.05) is 0 Å². The van der Waals surface area contributed by atoms with Crippen molar-refractivity contribution >= 4 is 33.8 Å². The Hall–Kier alpha value is -2.54. The van der Waals surface area contributed by atoms with Crippen molar-refractivity contribution in [3.8, 4) is 0 Å². The first-order valence-electron chi connectivity index (χ1n) is 9.04. The first kappa shape index (κ1) is 17.9. The summed E-state index contributed by atoms with van der Waals surface area (Å²) >= 11 is 1.68. The molecule has 5 nitrogen and oxygen atoms in total. The molecule has 2 amide bonds. The van der Waals surface area contributed by atoms with Crippen LogP contribution in [-0.4, -0.2) is 22.0 Å². The number of urea groups is 1. The molecule has 0 saturated heterocycles. The number of hydrogen-bond donors (Lipinski definition) is 2. The average Bonchev–Trinajstić information content (AvgIpc) is 3.26. The van der Waals surface area contributed by atoms with E-state index < -0.39 is 5.82 Å². The summed E-state index contributed by atoms with van der Waals surface area (Å²) in [6.45, 7) is 3.83. The third-order valence-corrected chi connectivity index (χ3v) is 6.11. The molecule has 1 aliphatic carbocycles. The summed E-state index contributed by atoms with van der Waals surface area (Å²) < 4.78 is 14.3. The lowest BCUT2D eigenvalue weighted by molar-refractivity contribution is 0.248. The average molecular weight is 384 g/mol. The number of hydrogen-bond acceptors (Lipinski definition) is 4. The largest absolute Gasteiger partial charge is 0.335 e. The molecule has 2 aromatic heterocycles. The van der Waals surface area contributed by atoms with E-state index in [-0.39, 0.29) is 17.8 Å². The maximum atomic E-state index is 14.3. The maximum absolute atomic E-state index is 14.3. The fraction of sp³-hybridized carbons (Fsp3) is 0.350. The molecule has 4 rings (SSSR count). The molecule has 0 spiro atoms. The molecule has 0 aliphatic heterocycles. The zero-order chi connectivity index (χ0) is 19.0. The lowest BCUT2D eigenvalue weighted by atomic mass is 10.1. The molecule has 3 aromatic rings. The smallest absolute Gasteiger partial charge is 0.319 e. The van der Waals surface area contributed by atoms with Crippen molar-refractivity contribution in [2.24, 2.45) is 0 Å². The van der Waals surface area contributed by atoms with Gasteiger partial charge in [-0.05, 0) is 51.3 Å². The summed E-state index contributed by atoms with van der Waals surface area (Å²) in [6, 6.07) is 4.49. The second-order valence-electron chi connectivity index (χ2n) is 7.10. The highest BCUT2D eigenvalue weighted by Crippen LogP contribution is 2.36. The Labute approximate surface area is 161 Å². The number of nitrogens with one attached hydrogen (secondary N) is 2. The zero-order valence-corrected chi connectivity index (χ0v) is 16.1. The highest BCUT2D eigenvalue weighted by Gasteiger charge is 2.29. The van der Waals surface area contributed by atoms with Gasteiger partial charge < -0.3 is 10.6 Å². The predicted molar refractivity (Wildman–Crippen MR) is 106 cm³/mol. The predicted octanol–water partition coefficient (Wildman–Crippen LogP) is 4.91. The summed E-state index contributed by atoms with van der Waals surface area (Å²) in [4.78, 5) is 21.3. The van der Waals surface area contributed by atoms with Gasteiger partial charge in [-0.2, -0.15) is 0 Å². The number of nitrogens with zero attached hydrogens (tertiary/aromatic N) is 2. The van der Waals surface area contributed by atoms with Crippen molar-refractivity contribution in [2.75, 3.05) is 5.32 Å². The van der Waals surface area contributed by atoms with Gasteiger partial charge in [0.15, 0.2) is 0 Å². The number of aryl methyl sites for hydroxylation is 2. The van der Waals surface area contributed by atoms with Gasteiger partial charge >= 0.3 is 6.03 Å². The number of aromatic nitrogens is 2. The monoisotopic (exact) mass is 384 g/mol. The van der Waals surface area contributed by atoms with Gasteiger partial charge in [0.05, 0.1) is 10.7 Å². The van der Waals surface area contributed by atoms with Gasteiger partial charge in [-0.15, -0.1) is 11.3 Å². The summed E-state index contributed by atoms with van der Waals surface area (Å²) in [5.74, 6) is -0.0668. The first-order valence-corrected chi connectivity index (χ1v) is 9.92.